The molecule has 0 unspecified atom stereocenters. The van der Waals surface area contributed by atoms with Crippen molar-refractivity contribution >= 4 is 11.8 Å². The van der Waals surface area contributed by atoms with Crippen molar-refractivity contribution in [2.45, 2.75) is 38.6 Å². The van der Waals surface area contributed by atoms with E-state index in [9.17, 15) is 9.59 Å². The summed E-state index contributed by atoms with van der Waals surface area (Å²) in [6.45, 7) is 3.28. The molecule has 3 aliphatic heterocycles. The van der Waals surface area contributed by atoms with Crippen LogP contribution in [0.3, 0.4) is 0 Å². The molecule has 5 heteroatoms. The number of carbonyl (C=O) groups excluding carboxylic acids is 2. The molecule has 1 aromatic carbocycles. The Morgan fingerprint density at radius 1 is 1.11 bits per heavy atom. The van der Waals surface area contributed by atoms with Gasteiger partial charge in [0.15, 0.2) is 0 Å². The maximum atomic E-state index is 12.7. The number of rotatable bonds is 4. The number of carbonyl (C=O) groups is 2. The molecule has 2 bridgehead atoms. The Bertz CT molecular complexity index is 839. The molecule has 4 heterocycles. The number of nitrogens with zero attached hydrogens (tertiary/aromatic N) is 2. The Labute approximate surface area is 159 Å². The molecule has 3 aliphatic rings. The number of furan rings is 1. The zero-order valence-corrected chi connectivity index (χ0v) is 16.0. The van der Waals surface area contributed by atoms with E-state index >= 15 is 0 Å². The number of piperidine rings is 1. The summed E-state index contributed by atoms with van der Waals surface area (Å²) >= 11 is 0. The Morgan fingerprint density at radius 3 is 2.67 bits per heavy atom. The van der Waals surface area contributed by atoms with E-state index in [-0.39, 0.29) is 23.8 Å². The summed E-state index contributed by atoms with van der Waals surface area (Å²) in [5, 5.41) is 0. The van der Waals surface area contributed by atoms with Gasteiger partial charge in [-0.1, -0.05) is 29.8 Å². The van der Waals surface area contributed by atoms with Crippen LogP contribution in [0.25, 0.3) is 11.3 Å². The molecule has 0 saturated carbocycles. The zero-order valence-electron chi connectivity index (χ0n) is 16.0. The predicted octanol–water partition coefficient (Wildman–Crippen LogP) is 3.27. The first-order chi connectivity index (χ1) is 13.0. The summed E-state index contributed by atoms with van der Waals surface area (Å²) in [6.07, 6.45) is 2.89. The van der Waals surface area contributed by atoms with Crippen LogP contribution in [0.2, 0.25) is 0 Å². The van der Waals surface area contributed by atoms with Crippen molar-refractivity contribution in [2.75, 3.05) is 20.1 Å². The van der Waals surface area contributed by atoms with Gasteiger partial charge in [0.2, 0.25) is 11.8 Å². The van der Waals surface area contributed by atoms with Crippen LogP contribution in [0.15, 0.2) is 40.8 Å². The maximum Gasteiger partial charge on any atom is 0.227 e. The Kier molecular flexibility index (Phi) is 4.77. The van der Waals surface area contributed by atoms with Gasteiger partial charge in [0.25, 0.3) is 0 Å². The van der Waals surface area contributed by atoms with Gasteiger partial charge in [0.05, 0.1) is 5.92 Å². The van der Waals surface area contributed by atoms with Gasteiger partial charge in [-0.25, -0.2) is 0 Å². The van der Waals surface area contributed by atoms with E-state index in [0.717, 1.165) is 29.9 Å². The summed E-state index contributed by atoms with van der Waals surface area (Å²) in [5.41, 5.74) is 2.26. The second-order valence-corrected chi connectivity index (χ2v) is 7.81. The van der Waals surface area contributed by atoms with Crippen molar-refractivity contribution in [1.82, 2.24) is 9.80 Å². The van der Waals surface area contributed by atoms with Crippen molar-refractivity contribution in [1.29, 1.82) is 0 Å². The molecule has 27 heavy (non-hydrogen) atoms. The molecule has 2 amide bonds. The quantitative estimate of drug-likeness (QED) is 0.834. The first-order valence-electron chi connectivity index (χ1n) is 9.71. The number of hydrogen-bond donors (Lipinski definition) is 0. The number of benzene rings is 1. The normalized spacial score (nSPS) is 22.2. The summed E-state index contributed by atoms with van der Waals surface area (Å²) in [4.78, 5) is 28.7. The van der Waals surface area contributed by atoms with E-state index < -0.39 is 0 Å². The molecule has 3 fully saturated rings. The number of aryl methyl sites for hydroxylation is 2. The van der Waals surface area contributed by atoms with Gasteiger partial charge in [-0.05, 0) is 31.9 Å². The molecular weight excluding hydrogens is 340 g/mol. The standard InChI is InChI=1S/C22H26N2O3/c1-15-3-5-16(6-4-15)20-11-9-19(27-20)10-12-21(25)24-13-17-7-8-18(14-24)23(2)22(17)26/h3-6,9,11,17-18H,7-8,10,12-14H2,1-2H3/t17-,18+/m1/s1. The Balaban J connectivity index is 1.37. The van der Waals surface area contributed by atoms with Gasteiger partial charge in [-0.3, -0.25) is 9.59 Å². The maximum absolute atomic E-state index is 12.7. The van der Waals surface area contributed by atoms with Crippen molar-refractivity contribution in [2.24, 2.45) is 5.92 Å². The highest BCUT2D eigenvalue weighted by Gasteiger charge is 2.39. The lowest BCUT2D eigenvalue weighted by atomic mass is 9.95. The first kappa shape index (κ1) is 17.8. The molecule has 5 rings (SSSR count). The van der Waals surface area contributed by atoms with E-state index in [0.29, 0.717) is 25.9 Å². The van der Waals surface area contributed by atoms with Crippen LogP contribution < -0.4 is 0 Å². The molecule has 0 radical (unpaired) electrons. The second kappa shape index (κ2) is 7.22. The fourth-order valence-corrected chi connectivity index (χ4v) is 4.13. The van der Waals surface area contributed by atoms with Crippen molar-refractivity contribution in [3.8, 4) is 11.3 Å². The highest BCUT2D eigenvalue weighted by molar-refractivity contribution is 5.83. The lowest BCUT2D eigenvalue weighted by Gasteiger charge is -2.32. The van der Waals surface area contributed by atoms with Crippen LogP contribution >= 0.6 is 0 Å². The molecule has 1 aromatic heterocycles. The van der Waals surface area contributed by atoms with Crippen LogP contribution in [0.5, 0.6) is 0 Å². The summed E-state index contributed by atoms with van der Waals surface area (Å²) in [7, 11) is 1.86. The summed E-state index contributed by atoms with van der Waals surface area (Å²) < 4.78 is 5.93. The third-order valence-corrected chi connectivity index (χ3v) is 5.90. The third-order valence-electron chi connectivity index (χ3n) is 5.90. The van der Waals surface area contributed by atoms with Gasteiger partial charge < -0.3 is 14.2 Å². The molecule has 3 saturated heterocycles. The zero-order chi connectivity index (χ0) is 19.0. The van der Waals surface area contributed by atoms with Crippen molar-refractivity contribution in [3.05, 3.63) is 47.7 Å². The topological polar surface area (TPSA) is 53.8 Å². The molecule has 0 spiro atoms. The Morgan fingerprint density at radius 2 is 1.89 bits per heavy atom. The van der Waals surface area contributed by atoms with E-state index in [1.807, 2.05) is 41.1 Å². The minimum atomic E-state index is -0.0329. The van der Waals surface area contributed by atoms with Crippen LogP contribution in [0.4, 0.5) is 0 Å². The summed E-state index contributed by atoms with van der Waals surface area (Å²) in [6, 6.07) is 12.3. The molecule has 2 atom stereocenters. The number of likely N-dealkylation sites (N-methyl/N-ethyl adjacent to an activating group) is 1. The highest BCUT2D eigenvalue weighted by atomic mass is 16.3. The minimum absolute atomic E-state index is 0.0329. The van der Waals surface area contributed by atoms with Gasteiger partial charge in [0.1, 0.15) is 11.5 Å². The van der Waals surface area contributed by atoms with Gasteiger partial charge in [-0.2, -0.15) is 0 Å². The van der Waals surface area contributed by atoms with Crippen LogP contribution in [0, 0.1) is 12.8 Å². The van der Waals surface area contributed by atoms with Crippen LogP contribution in [-0.2, 0) is 16.0 Å². The molecule has 2 aromatic rings. The number of hydrogen-bond acceptors (Lipinski definition) is 3. The van der Waals surface area contributed by atoms with E-state index in [4.69, 9.17) is 4.42 Å². The predicted molar refractivity (Wildman–Crippen MR) is 103 cm³/mol. The molecule has 0 N–H and O–H groups in total. The fourth-order valence-electron chi connectivity index (χ4n) is 4.13. The number of amides is 2. The fraction of sp³-hybridized carbons (Fsp3) is 0.455. The third kappa shape index (κ3) is 3.64. The second-order valence-electron chi connectivity index (χ2n) is 7.81. The Hall–Kier alpha value is -2.56. The minimum Gasteiger partial charge on any atom is -0.461 e. The molecule has 0 aliphatic carbocycles. The van der Waals surface area contributed by atoms with E-state index in [2.05, 4.69) is 19.1 Å². The molecule has 5 nitrogen and oxygen atoms in total. The lowest BCUT2D eigenvalue weighted by molar-refractivity contribution is -0.138. The highest BCUT2D eigenvalue weighted by Crippen LogP contribution is 2.28. The number of fused-ring (bicyclic) bond motifs is 4. The SMILES string of the molecule is Cc1ccc(-c2ccc(CCC(=O)N3C[C@H]4CC[C@@H](C3)N(C)C4=O)o2)cc1. The van der Waals surface area contributed by atoms with Crippen molar-refractivity contribution in [3.63, 3.8) is 0 Å². The lowest BCUT2D eigenvalue weighted by Crippen LogP contribution is -2.45. The summed E-state index contributed by atoms with van der Waals surface area (Å²) in [5.74, 6) is 1.93. The van der Waals surface area contributed by atoms with Crippen molar-refractivity contribution < 1.29 is 14.0 Å². The van der Waals surface area contributed by atoms with Gasteiger partial charge >= 0.3 is 0 Å². The average molecular weight is 366 g/mol. The van der Waals surface area contributed by atoms with Gasteiger partial charge in [0, 0.05) is 44.6 Å². The monoisotopic (exact) mass is 366 g/mol. The molecular formula is C22H26N2O3. The first-order valence-corrected chi connectivity index (χ1v) is 9.71. The van der Waals surface area contributed by atoms with E-state index in [1.165, 1.54) is 5.56 Å². The smallest absolute Gasteiger partial charge is 0.227 e. The van der Waals surface area contributed by atoms with E-state index in [1.54, 1.807) is 0 Å². The molecule has 142 valence electrons. The average Bonchev–Trinajstić information content (AvgIpc) is 2.98. The van der Waals surface area contributed by atoms with Crippen LogP contribution in [-0.4, -0.2) is 47.8 Å². The van der Waals surface area contributed by atoms with Crippen LogP contribution in [0.1, 0.15) is 30.6 Å². The van der Waals surface area contributed by atoms with Gasteiger partial charge in [-0.15, -0.1) is 0 Å². The largest absolute Gasteiger partial charge is 0.461 e.